The van der Waals surface area contributed by atoms with Gasteiger partial charge in [0.15, 0.2) is 0 Å². The molecule has 1 heterocycles. The molecule has 152 valence electrons. The average molecular weight is 386 g/mol. The molecular formula is C22H31N3O3. The number of ether oxygens (including phenoxy) is 1. The summed E-state index contributed by atoms with van der Waals surface area (Å²) in [4.78, 5) is 31.0. The van der Waals surface area contributed by atoms with Crippen molar-refractivity contribution in [3.05, 3.63) is 23.8 Å². The predicted octanol–water partition coefficient (Wildman–Crippen LogP) is 2.62. The molecule has 6 nitrogen and oxygen atoms in total. The summed E-state index contributed by atoms with van der Waals surface area (Å²) in [6.07, 6.45) is 5.50. The van der Waals surface area contributed by atoms with Gasteiger partial charge in [-0.3, -0.25) is 9.59 Å². The molecule has 0 radical (unpaired) electrons. The molecule has 0 saturated heterocycles. The predicted molar refractivity (Wildman–Crippen MR) is 109 cm³/mol. The number of anilines is 1. The molecule has 4 rings (SSSR count). The molecule has 0 bridgehead atoms. The van der Waals surface area contributed by atoms with E-state index in [9.17, 15) is 9.59 Å². The lowest BCUT2D eigenvalue weighted by atomic mass is 10.0. The van der Waals surface area contributed by atoms with E-state index >= 15 is 0 Å². The van der Waals surface area contributed by atoms with Gasteiger partial charge in [-0.15, -0.1) is 0 Å². The van der Waals surface area contributed by atoms with Gasteiger partial charge in [-0.05, 0) is 55.7 Å². The van der Waals surface area contributed by atoms with Crippen LogP contribution in [0.2, 0.25) is 0 Å². The van der Waals surface area contributed by atoms with E-state index in [1.165, 1.54) is 25.7 Å². The topological polar surface area (TPSA) is 53.1 Å². The summed E-state index contributed by atoms with van der Waals surface area (Å²) in [5.41, 5.74) is 1.51. The first kappa shape index (κ1) is 19.1. The Morgan fingerprint density at radius 1 is 1.14 bits per heavy atom. The van der Waals surface area contributed by atoms with E-state index in [2.05, 4.69) is 4.90 Å². The first-order valence-corrected chi connectivity index (χ1v) is 10.3. The fourth-order valence-corrected chi connectivity index (χ4v) is 4.40. The molecule has 3 aliphatic rings. The van der Waals surface area contributed by atoms with Gasteiger partial charge >= 0.3 is 0 Å². The zero-order valence-corrected chi connectivity index (χ0v) is 17.4. The number of nitrogens with zero attached hydrogens (tertiary/aromatic N) is 3. The van der Waals surface area contributed by atoms with Gasteiger partial charge in [0.1, 0.15) is 12.4 Å². The number of benzene rings is 1. The highest BCUT2D eigenvalue weighted by atomic mass is 16.5. The number of amides is 2. The Hall–Kier alpha value is -2.24. The number of fused-ring (bicyclic) bond motifs is 1. The van der Waals surface area contributed by atoms with Crippen LogP contribution in [0.25, 0.3) is 0 Å². The minimum atomic E-state index is -0.0363. The second-order valence-electron chi connectivity index (χ2n) is 8.83. The van der Waals surface area contributed by atoms with Crippen LogP contribution in [-0.2, 0) is 4.79 Å². The second kappa shape index (κ2) is 7.30. The minimum absolute atomic E-state index is 0.0220. The van der Waals surface area contributed by atoms with E-state index in [-0.39, 0.29) is 17.9 Å². The summed E-state index contributed by atoms with van der Waals surface area (Å²) >= 11 is 0. The van der Waals surface area contributed by atoms with E-state index in [4.69, 9.17) is 4.74 Å². The molecule has 0 spiro atoms. The number of carbonyl (C=O) groups is 2. The lowest BCUT2D eigenvalue weighted by molar-refractivity contribution is -0.133. The maximum atomic E-state index is 13.0. The Bertz CT molecular complexity index is 758. The monoisotopic (exact) mass is 385 g/mol. The van der Waals surface area contributed by atoms with Gasteiger partial charge in [-0.25, -0.2) is 0 Å². The van der Waals surface area contributed by atoms with E-state index in [1.54, 1.807) is 25.1 Å². The van der Waals surface area contributed by atoms with Crippen LogP contribution in [0.5, 0.6) is 5.75 Å². The smallest absolute Gasteiger partial charge is 0.253 e. The van der Waals surface area contributed by atoms with Gasteiger partial charge in [0.2, 0.25) is 5.91 Å². The number of hydrogen-bond acceptors (Lipinski definition) is 4. The Morgan fingerprint density at radius 3 is 2.36 bits per heavy atom. The average Bonchev–Trinajstić information content (AvgIpc) is 3.58. The zero-order valence-electron chi connectivity index (χ0n) is 17.4. The van der Waals surface area contributed by atoms with E-state index in [1.807, 2.05) is 31.1 Å². The van der Waals surface area contributed by atoms with Crippen LogP contribution in [-0.4, -0.2) is 68.5 Å². The van der Waals surface area contributed by atoms with Gasteiger partial charge in [-0.2, -0.15) is 0 Å². The normalized spacial score (nSPS) is 21.2. The molecule has 1 aromatic rings. The lowest BCUT2D eigenvalue weighted by Gasteiger charge is -2.37. The van der Waals surface area contributed by atoms with Crippen LogP contribution in [0.1, 0.15) is 42.5 Å². The minimum Gasteiger partial charge on any atom is -0.489 e. The third-order valence-electron chi connectivity index (χ3n) is 6.43. The SMILES string of the molecule is CN(C)C(=O)c1ccc2c(c1)N(C)[C@@H](CC(=O)N(C)C(C1CC1)C1CC1)CO2. The summed E-state index contributed by atoms with van der Waals surface area (Å²) in [6, 6.07) is 5.92. The van der Waals surface area contributed by atoms with Crippen molar-refractivity contribution in [1.29, 1.82) is 0 Å². The van der Waals surface area contributed by atoms with Crippen LogP contribution in [0.15, 0.2) is 18.2 Å². The van der Waals surface area contributed by atoms with Crippen molar-refractivity contribution in [3.8, 4) is 5.75 Å². The Balaban J connectivity index is 1.46. The van der Waals surface area contributed by atoms with Crippen LogP contribution < -0.4 is 9.64 Å². The number of carbonyl (C=O) groups excluding carboxylic acids is 2. The highest BCUT2D eigenvalue weighted by Crippen LogP contribution is 2.47. The molecular weight excluding hydrogens is 354 g/mol. The third-order valence-corrected chi connectivity index (χ3v) is 6.43. The highest BCUT2D eigenvalue weighted by molar-refractivity contribution is 5.95. The molecule has 1 atom stereocenters. The molecule has 1 aliphatic heterocycles. The second-order valence-corrected chi connectivity index (χ2v) is 8.83. The van der Waals surface area contributed by atoms with Crippen molar-refractivity contribution >= 4 is 17.5 Å². The molecule has 2 fully saturated rings. The zero-order chi connectivity index (χ0) is 20.0. The molecule has 0 unspecified atom stereocenters. The van der Waals surface area contributed by atoms with E-state index in [0.717, 1.165) is 11.4 Å². The number of hydrogen-bond donors (Lipinski definition) is 0. The summed E-state index contributed by atoms with van der Waals surface area (Å²) in [6.45, 7) is 0.488. The lowest BCUT2D eigenvalue weighted by Crippen LogP contribution is -2.47. The van der Waals surface area contributed by atoms with Crippen molar-refractivity contribution in [2.75, 3.05) is 39.7 Å². The fourth-order valence-electron chi connectivity index (χ4n) is 4.40. The molecule has 0 N–H and O–H groups in total. The van der Waals surface area contributed by atoms with Crippen molar-refractivity contribution in [1.82, 2.24) is 9.80 Å². The Kier molecular flexibility index (Phi) is 4.98. The molecule has 2 aliphatic carbocycles. The highest BCUT2D eigenvalue weighted by Gasteiger charge is 2.45. The number of likely N-dealkylation sites (N-methyl/N-ethyl adjacent to an activating group) is 1. The van der Waals surface area contributed by atoms with Gasteiger partial charge in [-0.1, -0.05) is 0 Å². The Labute approximate surface area is 167 Å². The maximum Gasteiger partial charge on any atom is 0.253 e. The molecule has 0 aromatic heterocycles. The largest absolute Gasteiger partial charge is 0.489 e. The van der Waals surface area contributed by atoms with Gasteiger partial charge < -0.3 is 19.4 Å². The summed E-state index contributed by atoms with van der Waals surface area (Å²) in [7, 11) is 7.46. The molecule has 2 amide bonds. The summed E-state index contributed by atoms with van der Waals surface area (Å²) in [5.74, 6) is 2.35. The van der Waals surface area contributed by atoms with Crippen molar-refractivity contribution in [2.24, 2.45) is 11.8 Å². The molecule has 1 aromatic carbocycles. The third kappa shape index (κ3) is 3.69. The van der Waals surface area contributed by atoms with Gasteiger partial charge in [0.25, 0.3) is 5.91 Å². The first-order chi connectivity index (χ1) is 13.4. The first-order valence-electron chi connectivity index (χ1n) is 10.3. The van der Waals surface area contributed by atoms with E-state index < -0.39 is 0 Å². The van der Waals surface area contributed by atoms with Crippen LogP contribution in [0.4, 0.5) is 5.69 Å². The quantitative estimate of drug-likeness (QED) is 0.755. The Morgan fingerprint density at radius 2 is 1.79 bits per heavy atom. The van der Waals surface area contributed by atoms with Crippen LogP contribution in [0.3, 0.4) is 0 Å². The van der Waals surface area contributed by atoms with Crippen molar-refractivity contribution in [3.63, 3.8) is 0 Å². The van der Waals surface area contributed by atoms with Gasteiger partial charge in [0, 0.05) is 39.8 Å². The molecule has 28 heavy (non-hydrogen) atoms. The fraction of sp³-hybridized carbons (Fsp3) is 0.636. The molecule has 2 saturated carbocycles. The standard InChI is InChI=1S/C22H31N3O3/c1-23(2)22(27)16-9-10-19-18(11-16)24(3)17(13-28-19)12-20(26)25(4)21(14-5-6-14)15-7-8-15/h9-11,14-15,17,21H,5-8,12-13H2,1-4H3/t17-/m0/s1. The number of rotatable bonds is 6. The molecule has 6 heteroatoms. The maximum absolute atomic E-state index is 13.0. The van der Waals surface area contributed by atoms with E-state index in [0.29, 0.717) is 36.5 Å². The van der Waals surface area contributed by atoms with Crippen molar-refractivity contribution < 1.29 is 14.3 Å². The van der Waals surface area contributed by atoms with Gasteiger partial charge in [0.05, 0.1) is 18.2 Å². The summed E-state index contributed by atoms with van der Waals surface area (Å²) in [5, 5.41) is 0. The van der Waals surface area contributed by atoms with Crippen LogP contribution in [0, 0.1) is 11.8 Å². The van der Waals surface area contributed by atoms with Crippen molar-refractivity contribution in [2.45, 2.75) is 44.2 Å². The summed E-state index contributed by atoms with van der Waals surface area (Å²) < 4.78 is 5.93. The van der Waals surface area contributed by atoms with Crippen LogP contribution >= 0.6 is 0 Å².